The van der Waals surface area contributed by atoms with Crippen molar-refractivity contribution in [3.05, 3.63) is 44.3 Å². The minimum Gasteiger partial charge on any atom is -0.258 e. The fourth-order valence-corrected chi connectivity index (χ4v) is 2.89. The Kier molecular flexibility index (Phi) is 4.81. The minimum absolute atomic E-state index is 0.0740. The monoisotopic (exact) mass is 285 g/mol. The zero-order valence-corrected chi connectivity index (χ0v) is 10.8. The van der Waals surface area contributed by atoms with Gasteiger partial charge in [0.1, 0.15) is 0 Å². The number of nitro benzene ring substituents is 1. The molecular weight excluding hydrogens is 274 g/mol. The Labute approximate surface area is 109 Å². The summed E-state index contributed by atoms with van der Waals surface area (Å²) in [5, 5.41) is 14.0. The summed E-state index contributed by atoms with van der Waals surface area (Å²) in [7, 11) is -4.02. The number of hydrogen-bond donors (Lipinski definition) is 1. The molecule has 10 heteroatoms. The first-order valence-corrected chi connectivity index (χ1v) is 6.63. The second-order valence-electron chi connectivity index (χ2n) is 3.53. The van der Waals surface area contributed by atoms with E-state index in [0.29, 0.717) is 0 Å². The van der Waals surface area contributed by atoms with Gasteiger partial charge in [-0.2, -0.15) is 0 Å². The van der Waals surface area contributed by atoms with Crippen molar-refractivity contribution >= 4 is 15.7 Å². The molecule has 0 atom stereocenters. The van der Waals surface area contributed by atoms with Crippen LogP contribution in [0.3, 0.4) is 0 Å². The van der Waals surface area contributed by atoms with Crippen molar-refractivity contribution in [3.8, 4) is 0 Å². The van der Waals surface area contributed by atoms with Gasteiger partial charge in [0, 0.05) is 24.1 Å². The van der Waals surface area contributed by atoms with Gasteiger partial charge in [0.05, 0.1) is 4.92 Å². The van der Waals surface area contributed by atoms with Gasteiger partial charge in [-0.1, -0.05) is 17.2 Å². The van der Waals surface area contributed by atoms with E-state index in [-0.39, 0.29) is 23.5 Å². The molecule has 0 heterocycles. The lowest BCUT2D eigenvalue weighted by atomic mass is 10.2. The summed E-state index contributed by atoms with van der Waals surface area (Å²) in [5.74, 6) is 0. The highest BCUT2D eigenvalue weighted by Crippen LogP contribution is 2.26. The molecule has 19 heavy (non-hydrogen) atoms. The number of aryl methyl sites for hydroxylation is 1. The summed E-state index contributed by atoms with van der Waals surface area (Å²) in [6.07, 6.45) is 0. The Hall–Kier alpha value is -2.16. The smallest absolute Gasteiger partial charge is 0.258 e. The van der Waals surface area contributed by atoms with E-state index < -0.39 is 20.6 Å². The van der Waals surface area contributed by atoms with Crippen molar-refractivity contribution in [2.24, 2.45) is 5.11 Å². The van der Waals surface area contributed by atoms with Crippen molar-refractivity contribution in [1.29, 1.82) is 0 Å². The van der Waals surface area contributed by atoms with Crippen LogP contribution in [0.5, 0.6) is 0 Å². The predicted molar refractivity (Wildman–Crippen MR) is 67.0 cm³/mol. The molecule has 102 valence electrons. The van der Waals surface area contributed by atoms with Gasteiger partial charge in [0.25, 0.3) is 5.69 Å². The van der Waals surface area contributed by atoms with Crippen LogP contribution in [0.15, 0.2) is 28.2 Å². The number of rotatable bonds is 6. The van der Waals surface area contributed by atoms with Crippen molar-refractivity contribution in [1.82, 2.24) is 4.72 Å². The zero-order valence-electron chi connectivity index (χ0n) is 9.98. The first-order chi connectivity index (χ1) is 8.90. The van der Waals surface area contributed by atoms with Gasteiger partial charge in [-0.25, -0.2) is 13.1 Å². The van der Waals surface area contributed by atoms with Crippen molar-refractivity contribution < 1.29 is 13.3 Å². The van der Waals surface area contributed by atoms with Gasteiger partial charge in [0.15, 0.2) is 4.90 Å². The molecule has 1 aromatic rings. The van der Waals surface area contributed by atoms with Crippen LogP contribution in [-0.2, 0) is 10.0 Å². The molecule has 1 rings (SSSR count). The molecule has 0 bridgehead atoms. The van der Waals surface area contributed by atoms with Crippen LogP contribution in [0.1, 0.15) is 5.56 Å². The summed E-state index contributed by atoms with van der Waals surface area (Å²) < 4.78 is 26.1. The van der Waals surface area contributed by atoms with Crippen LogP contribution in [0.4, 0.5) is 5.69 Å². The average Bonchev–Trinajstić information content (AvgIpc) is 2.34. The molecule has 0 saturated heterocycles. The van der Waals surface area contributed by atoms with E-state index in [1.165, 1.54) is 19.1 Å². The van der Waals surface area contributed by atoms with Crippen LogP contribution < -0.4 is 4.72 Å². The summed E-state index contributed by atoms with van der Waals surface area (Å²) in [6, 6.07) is 4.00. The molecular formula is C9H11N5O4S. The SMILES string of the molecule is Cc1cccc([N+](=O)[O-])c1S(=O)(=O)NCCN=[N+]=[N-]. The Balaban J connectivity index is 3.13. The molecule has 0 fully saturated rings. The second-order valence-corrected chi connectivity index (χ2v) is 5.24. The zero-order chi connectivity index (χ0) is 14.5. The number of benzene rings is 1. The summed E-state index contributed by atoms with van der Waals surface area (Å²) in [4.78, 5) is 12.2. The van der Waals surface area contributed by atoms with Crippen LogP contribution in [0, 0.1) is 17.0 Å². The lowest BCUT2D eigenvalue weighted by Gasteiger charge is -2.08. The molecule has 0 spiro atoms. The Morgan fingerprint density at radius 1 is 1.53 bits per heavy atom. The summed E-state index contributed by atoms with van der Waals surface area (Å²) in [6.45, 7) is 1.27. The maximum Gasteiger partial charge on any atom is 0.289 e. The van der Waals surface area contributed by atoms with Crippen LogP contribution in [0.25, 0.3) is 10.4 Å². The number of nitrogens with one attached hydrogen (secondary N) is 1. The highest BCUT2D eigenvalue weighted by molar-refractivity contribution is 7.89. The lowest BCUT2D eigenvalue weighted by molar-refractivity contribution is -0.387. The van der Waals surface area contributed by atoms with Crippen LogP contribution in [-0.4, -0.2) is 26.4 Å². The van der Waals surface area contributed by atoms with E-state index >= 15 is 0 Å². The molecule has 1 N–H and O–H groups in total. The van der Waals surface area contributed by atoms with Crippen LogP contribution >= 0.6 is 0 Å². The third-order valence-electron chi connectivity index (χ3n) is 2.22. The van der Waals surface area contributed by atoms with Gasteiger partial charge >= 0.3 is 0 Å². The number of azide groups is 1. The Bertz CT molecular complexity index is 636. The van der Waals surface area contributed by atoms with E-state index in [2.05, 4.69) is 14.7 Å². The lowest BCUT2D eigenvalue weighted by Crippen LogP contribution is -2.27. The van der Waals surface area contributed by atoms with E-state index in [9.17, 15) is 18.5 Å². The van der Waals surface area contributed by atoms with E-state index in [1.807, 2.05) is 0 Å². The van der Waals surface area contributed by atoms with E-state index in [4.69, 9.17) is 5.53 Å². The van der Waals surface area contributed by atoms with Crippen LogP contribution in [0.2, 0.25) is 0 Å². The quantitative estimate of drug-likeness (QED) is 0.211. The van der Waals surface area contributed by atoms with E-state index in [1.54, 1.807) is 0 Å². The summed E-state index contributed by atoms with van der Waals surface area (Å²) >= 11 is 0. The molecule has 0 unspecified atom stereocenters. The number of hydrogen-bond acceptors (Lipinski definition) is 5. The predicted octanol–water partition coefficient (Wildman–Crippen LogP) is 1.49. The molecule has 0 aliphatic carbocycles. The summed E-state index contributed by atoms with van der Waals surface area (Å²) in [5.41, 5.74) is 7.84. The average molecular weight is 285 g/mol. The van der Waals surface area contributed by atoms with E-state index in [0.717, 1.165) is 6.07 Å². The Morgan fingerprint density at radius 2 is 2.21 bits per heavy atom. The topological polar surface area (TPSA) is 138 Å². The van der Waals surface area contributed by atoms with Gasteiger partial charge < -0.3 is 0 Å². The third-order valence-corrected chi connectivity index (χ3v) is 3.88. The van der Waals surface area contributed by atoms with Gasteiger partial charge in [-0.15, -0.1) is 0 Å². The first kappa shape index (κ1) is 14.9. The third kappa shape index (κ3) is 3.65. The first-order valence-electron chi connectivity index (χ1n) is 5.14. The number of nitrogens with zero attached hydrogens (tertiary/aromatic N) is 4. The molecule has 0 aliphatic rings. The highest BCUT2D eigenvalue weighted by Gasteiger charge is 2.27. The van der Waals surface area contributed by atoms with Gasteiger partial charge in [0.2, 0.25) is 10.0 Å². The fraction of sp³-hybridized carbons (Fsp3) is 0.333. The maximum atomic E-state index is 12.0. The van der Waals surface area contributed by atoms with Gasteiger partial charge in [-0.3, -0.25) is 10.1 Å². The molecule has 0 amide bonds. The van der Waals surface area contributed by atoms with Crippen molar-refractivity contribution in [3.63, 3.8) is 0 Å². The molecule has 0 aliphatic heterocycles. The fourth-order valence-electron chi connectivity index (χ4n) is 1.48. The second kappa shape index (κ2) is 6.14. The maximum absolute atomic E-state index is 12.0. The Morgan fingerprint density at radius 3 is 2.79 bits per heavy atom. The standard InChI is InChI=1S/C9H11N5O4S/c1-7-3-2-4-8(14(15)16)9(7)19(17,18)12-6-5-11-13-10/h2-4,12H,5-6H2,1H3. The molecule has 1 aromatic carbocycles. The molecule has 9 nitrogen and oxygen atoms in total. The number of sulfonamides is 1. The van der Waals surface area contributed by atoms with Crippen molar-refractivity contribution in [2.75, 3.05) is 13.1 Å². The van der Waals surface area contributed by atoms with Crippen molar-refractivity contribution in [2.45, 2.75) is 11.8 Å². The van der Waals surface area contributed by atoms with Gasteiger partial charge in [-0.05, 0) is 18.0 Å². The highest BCUT2D eigenvalue weighted by atomic mass is 32.2. The molecule has 0 saturated carbocycles. The number of nitro groups is 1. The largest absolute Gasteiger partial charge is 0.289 e. The minimum atomic E-state index is -4.02. The molecule has 0 aromatic heterocycles. The molecule has 0 radical (unpaired) electrons. The normalized spacial score (nSPS) is 10.8.